The maximum absolute atomic E-state index is 14.6. The number of hydrogen-bond acceptors (Lipinski definition) is 5. The van der Waals surface area contributed by atoms with Crippen LogP contribution in [0.3, 0.4) is 0 Å². The van der Waals surface area contributed by atoms with Crippen LogP contribution in [0.2, 0.25) is 0 Å². The van der Waals surface area contributed by atoms with Crippen LogP contribution in [0.25, 0.3) is 0 Å². The predicted molar refractivity (Wildman–Crippen MR) is 148 cm³/mol. The SMILES string of the molecule is C=CCN(CCC)C(=O)[C@@H]1[C@@H]2CC(C)C3(S2)C(C(=O)N(CC=C)C2CCCCC2)N([C@H](C)CO)C(=O)[C@H]13. The molecule has 37 heavy (non-hydrogen) atoms. The number of aliphatic hydroxyl groups is 1. The number of amides is 3. The molecule has 4 fully saturated rings. The first kappa shape index (κ1) is 28.2. The van der Waals surface area contributed by atoms with Gasteiger partial charge in [-0.2, -0.15) is 0 Å². The van der Waals surface area contributed by atoms with Crippen molar-refractivity contribution >= 4 is 29.5 Å². The molecule has 0 aromatic carbocycles. The van der Waals surface area contributed by atoms with E-state index in [0.717, 1.165) is 38.5 Å². The van der Waals surface area contributed by atoms with Crippen molar-refractivity contribution in [2.24, 2.45) is 17.8 Å². The first-order valence-electron chi connectivity index (χ1n) is 14.2. The summed E-state index contributed by atoms with van der Waals surface area (Å²) in [7, 11) is 0. The lowest BCUT2D eigenvalue weighted by molar-refractivity contribution is -0.147. The van der Waals surface area contributed by atoms with Gasteiger partial charge in [0.05, 0.1) is 29.2 Å². The summed E-state index contributed by atoms with van der Waals surface area (Å²) >= 11 is 1.71. The molecule has 1 aliphatic carbocycles. The van der Waals surface area contributed by atoms with Gasteiger partial charge in [0.1, 0.15) is 6.04 Å². The molecule has 1 spiro atoms. The second-order valence-electron chi connectivity index (χ2n) is 11.5. The maximum atomic E-state index is 14.6. The fourth-order valence-corrected chi connectivity index (χ4v) is 10.0. The molecule has 3 amide bonds. The highest BCUT2D eigenvalue weighted by molar-refractivity contribution is 8.02. The van der Waals surface area contributed by atoms with Crippen LogP contribution in [0.4, 0.5) is 0 Å². The normalized spacial score (nSPS) is 33.8. The Labute approximate surface area is 226 Å². The van der Waals surface area contributed by atoms with E-state index in [4.69, 9.17) is 0 Å². The predicted octanol–water partition coefficient (Wildman–Crippen LogP) is 3.48. The molecule has 206 valence electrons. The molecule has 1 N–H and O–H groups in total. The topological polar surface area (TPSA) is 81.2 Å². The lowest BCUT2D eigenvalue weighted by Gasteiger charge is -2.44. The third-order valence-electron chi connectivity index (χ3n) is 9.22. The summed E-state index contributed by atoms with van der Waals surface area (Å²) < 4.78 is -0.664. The molecule has 3 unspecified atom stereocenters. The molecular formula is C29H45N3O4S. The van der Waals surface area contributed by atoms with Gasteiger partial charge in [-0.3, -0.25) is 14.4 Å². The van der Waals surface area contributed by atoms with Crippen LogP contribution >= 0.6 is 11.8 Å². The van der Waals surface area contributed by atoms with Gasteiger partial charge in [0, 0.05) is 30.9 Å². The Bertz CT molecular complexity index is 906. The third kappa shape index (κ3) is 4.56. The zero-order chi connectivity index (χ0) is 26.9. The van der Waals surface area contributed by atoms with Gasteiger partial charge in [0.15, 0.2) is 0 Å². The molecule has 0 aromatic heterocycles. The Morgan fingerprint density at radius 1 is 1.19 bits per heavy atom. The number of likely N-dealkylation sites (tertiary alicyclic amines) is 1. The van der Waals surface area contributed by atoms with Crippen molar-refractivity contribution in [3.05, 3.63) is 25.3 Å². The van der Waals surface area contributed by atoms with E-state index in [0.29, 0.717) is 19.6 Å². The number of nitrogens with zero attached hydrogens (tertiary/aromatic N) is 3. The van der Waals surface area contributed by atoms with Crippen LogP contribution in [0, 0.1) is 17.8 Å². The van der Waals surface area contributed by atoms with Crippen LogP contribution in [-0.2, 0) is 14.4 Å². The van der Waals surface area contributed by atoms with Crippen molar-refractivity contribution in [1.29, 1.82) is 0 Å². The van der Waals surface area contributed by atoms with Crippen molar-refractivity contribution in [2.45, 2.75) is 93.8 Å². The number of fused-ring (bicyclic) bond motifs is 1. The molecule has 7 atom stereocenters. The fraction of sp³-hybridized carbons (Fsp3) is 0.759. The summed E-state index contributed by atoms with van der Waals surface area (Å²) in [5, 5.41) is 10.2. The molecule has 3 aliphatic heterocycles. The summed E-state index contributed by atoms with van der Waals surface area (Å²) in [6.45, 7) is 15.1. The van der Waals surface area contributed by atoms with E-state index in [9.17, 15) is 19.5 Å². The minimum atomic E-state index is -0.684. The largest absolute Gasteiger partial charge is 0.394 e. The molecular weight excluding hydrogens is 486 g/mol. The summed E-state index contributed by atoms with van der Waals surface area (Å²) in [6, 6.07) is -1.04. The van der Waals surface area contributed by atoms with Crippen LogP contribution in [0.15, 0.2) is 25.3 Å². The minimum absolute atomic E-state index is 0.00584. The van der Waals surface area contributed by atoms with E-state index in [-0.39, 0.29) is 41.5 Å². The van der Waals surface area contributed by atoms with Crippen molar-refractivity contribution in [1.82, 2.24) is 14.7 Å². The Morgan fingerprint density at radius 2 is 1.86 bits per heavy atom. The average Bonchev–Trinajstić information content (AvgIpc) is 3.50. The van der Waals surface area contributed by atoms with Crippen molar-refractivity contribution in [3.63, 3.8) is 0 Å². The van der Waals surface area contributed by atoms with Gasteiger partial charge in [0.2, 0.25) is 17.7 Å². The monoisotopic (exact) mass is 531 g/mol. The van der Waals surface area contributed by atoms with Crippen LogP contribution in [0.5, 0.6) is 0 Å². The Balaban J connectivity index is 1.77. The molecule has 1 saturated carbocycles. The molecule has 0 aromatic rings. The van der Waals surface area contributed by atoms with Gasteiger partial charge < -0.3 is 19.8 Å². The number of carbonyl (C=O) groups is 3. The molecule has 4 aliphatic rings. The second-order valence-corrected chi connectivity index (χ2v) is 13.0. The number of thioether (sulfide) groups is 1. The summed E-state index contributed by atoms with van der Waals surface area (Å²) in [6.07, 6.45) is 10.5. The van der Waals surface area contributed by atoms with Crippen molar-refractivity contribution in [3.8, 4) is 0 Å². The van der Waals surface area contributed by atoms with Crippen LogP contribution in [-0.4, -0.2) is 91.9 Å². The summed E-state index contributed by atoms with van der Waals surface area (Å²) in [5.74, 6) is -1.06. The lowest BCUT2D eigenvalue weighted by atomic mass is 9.65. The van der Waals surface area contributed by atoms with Crippen molar-refractivity contribution in [2.75, 3.05) is 26.2 Å². The number of hydrogen-bond donors (Lipinski definition) is 1. The smallest absolute Gasteiger partial charge is 0.247 e. The van der Waals surface area contributed by atoms with E-state index < -0.39 is 28.7 Å². The summed E-state index contributed by atoms with van der Waals surface area (Å²) in [5.41, 5.74) is 0. The fourth-order valence-electron chi connectivity index (χ4n) is 7.62. The Morgan fingerprint density at radius 3 is 2.46 bits per heavy atom. The molecule has 8 heteroatoms. The van der Waals surface area contributed by atoms with E-state index >= 15 is 0 Å². The van der Waals surface area contributed by atoms with Gasteiger partial charge in [-0.15, -0.1) is 24.9 Å². The van der Waals surface area contributed by atoms with Gasteiger partial charge in [0.25, 0.3) is 0 Å². The Hall–Kier alpha value is -1.80. The minimum Gasteiger partial charge on any atom is -0.394 e. The highest BCUT2D eigenvalue weighted by Crippen LogP contribution is 2.69. The third-order valence-corrected chi connectivity index (χ3v) is 11.3. The number of rotatable bonds is 11. The molecule has 7 nitrogen and oxygen atoms in total. The van der Waals surface area contributed by atoms with E-state index in [1.807, 2.05) is 23.6 Å². The van der Waals surface area contributed by atoms with E-state index in [1.165, 1.54) is 6.42 Å². The molecule has 4 rings (SSSR count). The van der Waals surface area contributed by atoms with Gasteiger partial charge >= 0.3 is 0 Å². The standard InChI is InChI=1S/C29H45N3O4S/c1-6-14-30(15-7-2)26(34)23-22-17-19(4)29(37-22)24(23)27(35)32(20(5)18-33)25(29)28(36)31(16-8-3)21-12-10-9-11-13-21/h6,8,19-25,33H,1,3,7,9-18H2,2,4-5H3/t19?,20-,22+,23-,24+,25?,29?/m1/s1. The average molecular weight is 532 g/mol. The first-order valence-corrected chi connectivity index (χ1v) is 15.1. The zero-order valence-corrected chi connectivity index (χ0v) is 23.6. The van der Waals surface area contributed by atoms with Gasteiger partial charge in [-0.05, 0) is 38.5 Å². The first-order chi connectivity index (χ1) is 17.8. The molecule has 3 saturated heterocycles. The van der Waals surface area contributed by atoms with E-state index in [2.05, 4.69) is 20.1 Å². The number of aliphatic hydroxyl groups excluding tert-OH is 1. The van der Waals surface area contributed by atoms with Gasteiger partial charge in [-0.25, -0.2) is 0 Å². The highest BCUT2D eigenvalue weighted by atomic mass is 32.2. The quantitative estimate of drug-likeness (QED) is 0.413. The van der Waals surface area contributed by atoms with Crippen molar-refractivity contribution < 1.29 is 19.5 Å². The van der Waals surface area contributed by atoms with Crippen LogP contribution in [0.1, 0.15) is 65.7 Å². The zero-order valence-electron chi connectivity index (χ0n) is 22.8. The number of carbonyl (C=O) groups excluding carboxylic acids is 3. The highest BCUT2D eigenvalue weighted by Gasteiger charge is 2.76. The second kappa shape index (κ2) is 11.5. The van der Waals surface area contributed by atoms with E-state index in [1.54, 1.807) is 28.8 Å². The summed E-state index contributed by atoms with van der Waals surface area (Å²) in [4.78, 5) is 48.2. The molecule has 0 radical (unpaired) electrons. The van der Waals surface area contributed by atoms with Crippen LogP contribution < -0.4 is 0 Å². The van der Waals surface area contributed by atoms with Gasteiger partial charge in [-0.1, -0.05) is 45.3 Å². The molecule has 2 bridgehead atoms. The maximum Gasteiger partial charge on any atom is 0.247 e. The lowest BCUT2D eigenvalue weighted by Crippen LogP contribution is -2.60. The Kier molecular flexibility index (Phi) is 8.79. The molecule has 3 heterocycles.